The molecule has 0 heterocycles. The maximum Gasteiger partial charge on any atom is 0.125 e. The van der Waals surface area contributed by atoms with Gasteiger partial charge in [0.25, 0.3) is 0 Å². The number of benzene rings is 3. The normalized spacial score (nSPS) is 10.1. The van der Waals surface area contributed by atoms with E-state index in [1.54, 1.807) is 7.11 Å². The van der Waals surface area contributed by atoms with E-state index in [4.69, 9.17) is 14.2 Å². The molecule has 3 aromatic rings. The summed E-state index contributed by atoms with van der Waals surface area (Å²) in [6, 6.07) is 19.9. The molecule has 0 amide bonds. The summed E-state index contributed by atoms with van der Waals surface area (Å²) in [7, 11) is 1.66. The molecule has 34 heavy (non-hydrogen) atoms. The minimum Gasteiger partial charge on any atom is -0.496 e. The molecule has 0 atom stereocenters. The Balaban J connectivity index is 1.75. The summed E-state index contributed by atoms with van der Waals surface area (Å²) in [6.07, 6.45) is 0.872. The highest BCUT2D eigenvalue weighted by atomic mass is 16.5. The number of hydrogen-bond acceptors (Lipinski definition) is 3. The molecule has 3 aromatic carbocycles. The smallest absolute Gasteiger partial charge is 0.125 e. The van der Waals surface area contributed by atoms with Crippen molar-refractivity contribution < 1.29 is 14.2 Å². The lowest BCUT2D eigenvalue weighted by atomic mass is 9.94. The Kier molecular flexibility index (Phi) is 8.60. The molecule has 3 rings (SSSR count). The quantitative estimate of drug-likeness (QED) is 0.292. The molecule has 0 saturated carbocycles. The molecule has 3 nitrogen and oxygen atoms in total. The van der Waals surface area contributed by atoms with Crippen LogP contribution in [0.2, 0.25) is 0 Å². The first-order chi connectivity index (χ1) is 16.5. The van der Waals surface area contributed by atoms with Crippen molar-refractivity contribution in [3.05, 3.63) is 113 Å². The van der Waals surface area contributed by atoms with Crippen molar-refractivity contribution >= 4 is 11.1 Å². The molecule has 0 unspecified atom stereocenters. The zero-order chi connectivity index (χ0) is 24.5. The maximum absolute atomic E-state index is 6.14. The van der Waals surface area contributed by atoms with E-state index >= 15 is 0 Å². The van der Waals surface area contributed by atoms with Crippen LogP contribution in [0, 0.1) is 6.92 Å². The molecule has 0 aliphatic heterocycles. The van der Waals surface area contributed by atoms with Gasteiger partial charge in [-0.15, -0.1) is 11.5 Å². The molecule has 0 N–H and O–H groups in total. The molecular formula is C31H32O3. The minimum absolute atomic E-state index is 0.372. The van der Waals surface area contributed by atoms with Gasteiger partial charge < -0.3 is 14.2 Å². The monoisotopic (exact) mass is 452 g/mol. The lowest BCUT2D eigenvalue weighted by Crippen LogP contribution is -2.02. The van der Waals surface area contributed by atoms with Gasteiger partial charge in [0.15, 0.2) is 0 Å². The lowest BCUT2D eigenvalue weighted by molar-refractivity contribution is 0.285. The van der Waals surface area contributed by atoms with Crippen molar-refractivity contribution in [1.29, 1.82) is 0 Å². The summed E-state index contributed by atoms with van der Waals surface area (Å²) in [5.41, 5.74) is 13.6. The van der Waals surface area contributed by atoms with E-state index < -0.39 is 0 Å². The molecule has 0 saturated heterocycles. The zero-order valence-electron chi connectivity index (χ0n) is 20.5. The van der Waals surface area contributed by atoms with E-state index in [2.05, 4.69) is 56.7 Å². The predicted octanol–water partition coefficient (Wildman–Crippen LogP) is 7.93. The van der Waals surface area contributed by atoms with Gasteiger partial charge in [-0.3, -0.25) is 0 Å². The summed E-state index contributed by atoms with van der Waals surface area (Å²) in [5.74, 6) is 2.25. The second-order valence-corrected chi connectivity index (χ2v) is 8.00. The Morgan fingerprint density at radius 2 is 1.53 bits per heavy atom. The SMILES string of the molecule is C=C=C(C)c1ccc(OC)c(COc2cccc(OCc3cccc(C)c3C(=C=C)CC)c2)c1. The Bertz CT molecular complexity index is 1260. The molecule has 0 spiro atoms. The number of hydrogen-bond donors (Lipinski definition) is 0. The van der Waals surface area contributed by atoms with Crippen molar-refractivity contribution in [2.75, 3.05) is 7.11 Å². The van der Waals surface area contributed by atoms with Gasteiger partial charge in [-0.25, -0.2) is 0 Å². The summed E-state index contributed by atoms with van der Waals surface area (Å²) in [5, 5.41) is 0. The van der Waals surface area contributed by atoms with Gasteiger partial charge >= 0.3 is 0 Å². The zero-order valence-corrected chi connectivity index (χ0v) is 20.5. The summed E-state index contributed by atoms with van der Waals surface area (Å²) < 4.78 is 17.7. The third-order valence-electron chi connectivity index (χ3n) is 5.80. The predicted molar refractivity (Wildman–Crippen MR) is 140 cm³/mol. The van der Waals surface area contributed by atoms with Gasteiger partial charge in [0.2, 0.25) is 0 Å². The average molecular weight is 453 g/mol. The van der Waals surface area contributed by atoms with E-state index in [0.717, 1.165) is 51.5 Å². The summed E-state index contributed by atoms with van der Waals surface area (Å²) >= 11 is 0. The number of allylic oxidation sites excluding steroid dienone is 2. The van der Waals surface area contributed by atoms with Crippen LogP contribution >= 0.6 is 0 Å². The summed E-state index contributed by atoms with van der Waals surface area (Å²) in [4.78, 5) is 0. The fraction of sp³-hybridized carbons (Fsp3) is 0.226. The third-order valence-corrected chi connectivity index (χ3v) is 5.80. The third kappa shape index (κ3) is 5.91. The number of aryl methyl sites for hydroxylation is 1. The van der Waals surface area contributed by atoms with Gasteiger partial charge in [-0.1, -0.05) is 50.4 Å². The van der Waals surface area contributed by atoms with Gasteiger partial charge in [-0.2, -0.15) is 0 Å². The van der Waals surface area contributed by atoms with E-state index in [1.165, 1.54) is 11.1 Å². The van der Waals surface area contributed by atoms with Crippen LogP contribution in [0.15, 0.2) is 85.3 Å². The molecule has 0 fully saturated rings. The standard InChI is InChI=1S/C31H32O3/c1-7-22(4)25-16-17-30(32-6)27(18-25)21-34-29-15-11-14-28(19-29)33-20-26-13-10-12-23(5)31(26)24(8-2)9-3/h10-19H,1-2,9,20-21H2,3-6H3. The molecule has 3 heteroatoms. The van der Waals surface area contributed by atoms with Crippen LogP contribution in [0.4, 0.5) is 0 Å². The van der Waals surface area contributed by atoms with Crippen LogP contribution in [-0.2, 0) is 13.2 Å². The van der Waals surface area contributed by atoms with Crippen LogP contribution in [0.5, 0.6) is 17.2 Å². The van der Waals surface area contributed by atoms with Crippen molar-refractivity contribution in [2.24, 2.45) is 0 Å². The van der Waals surface area contributed by atoms with Gasteiger partial charge in [0.05, 0.1) is 7.11 Å². The van der Waals surface area contributed by atoms with Gasteiger partial charge in [0.1, 0.15) is 30.5 Å². The first-order valence-electron chi connectivity index (χ1n) is 11.4. The van der Waals surface area contributed by atoms with Crippen LogP contribution in [-0.4, -0.2) is 7.11 Å². The largest absolute Gasteiger partial charge is 0.496 e. The lowest BCUT2D eigenvalue weighted by Gasteiger charge is -2.15. The number of methoxy groups -OCH3 is 1. The second-order valence-electron chi connectivity index (χ2n) is 8.00. The van der Waals surface area contributed by atoms with E-state index in [0.29, 0.717) is 13.2 Å². The van der Waals surface area contributed by atoms with Crippen LogP contribution in [0.25, 0.3) is 11.1 Å². The topological polar surface area (TPSA) is 27.7 Å². The van der Waals surface area contributed by atoms with Crippen molar-refractivity contribution in [2.45, 2.75) is 40.4 Å². The van der Waals surface area contributed by atoms with Gasteiger partial charge in [-0.05, 0) is 72.4 Å². The summed E-state index contributed by atoms with van der Waals surface area (Å²) in [6.45, 7) is 14.6. The molecule has 0 aliphatic carbocycles. The highest BCUT2D eigenvalue weighted by molar-refractivity contribution is 5.70. The Hall–Kier alpha value is -3.90. The van der Waals surface area contributed by atoms with E-state index in [1.807, 2.05) is 49.4 Å². The van der Waals surface area contributed by atoms with E-state index in [-0.39, 0.29) is 0 Å². The van der Waals surface area contributed by atoms with Crippen LogP contribution < -0.4 is 14.2 Å². The minimum atomic E-state index is 0.372. The van der Waals surface area contributed by atoms with Crippen molar-refractivity contribution in [1.82, 2.24) is 0 Å². The fourth-order valence-electron chi connectivity index (χ4n) is 3.87. The highest BCUT2D eigenvalue weighted by Crippen LogP contribution is 2.29. The first kappa shape index (κ1) is 24.7. The van der Waals surface area contributed by atoms with Crippen LogP contribution in [0.1, 0.15) is 48.1 Å². The van der Waals surface area contributed by atoms with Crippen LogP contribution in [0.3, 0.4) is 0 Å². The van der Waals surface area contributed by atoms with Crippen molar-refractivity contribution in [3.8, 4) is 17.2 Å². The van der Waals surface area contributed by atoms with E-state index in [9.17, 15) is 0 Å². The Labute approximate surface area is 203 Å². The first-order valence-corrected chi connectivity index (χ1v) is 11.4. The molecule has 0 aliphatic rings. The Morgan fingerprint density at radius 1 is 0.853 bits per heavy atom. The van der Waals surface area contributed by atoms with Crippen molar-refractivity contribution in [3.63, 3.8) is 0 Å². The molecular weight excluding hydrogens is 420 g/mol. The molecule has 0 radical (unpaired) electrons. The fourth-order valence-corrected chi connectivity index (χ4v) is 3.87. The number of rotatable bonds is 10. The molecule has 174 valence electrons. The highest BCUT2D eigenvalue weighted by Gasteiger charge is 2.11. The number of ether oxygens (including phenoxy) is 3. The molecule has 0 bridgehead atoms. The maximum atomic E-state index is 6.14. The second kappa shape index (κ2) is 11.8. The molecule has 0 aromatic heterocycles. The average Bonchev–Trinajstić information content (AvgIpc) is 2.87. The Morgan fingerprint density at radius 3 is 2.15 bits per heavy atom. The van der Waals surface area contributed by atoms with Gasteiger partial charge in [0, 0.05) is 17.2 Å².